The van der Waals surface area contributed by atoms with Gasteiger partial charge in [-0.15, -0.1) is 6.07 Å². The molecule has 0 radical (unpaired) electrons. The van der Waals surface area contributed by atoms with E-state index in [1.807, 2.05) is 33.4 Å². The second-order valence-electron chi connectivity index (χ2n) is 8.63. The molecule has 6 nitrogen and oxygen atoms in total. The Balaban J connectivity index is 0.000000343. The molecule has 0 atom stereocenters. The van der Waals surface area contributed by atoms with Crippen molar-refractivity contribution >= 4 is 23.6 Å². The number of carbonyl (C=O) groups is 1. The first kappa shape index (κ1) is 31.6. The van der Waals surface area contributed by atoms with E-state index in [2.05, 4.69) is 28.9 Å². The summed E-state index contributed by atoms with van der Waals surface area (Å²) in [6, 6.07) is 8.23. The minimum atomic E-state index is -0.465. The predicted octanol–water partition coefficient (Wildman–Crippen LogP) is 1.78. The monoisotopic (exact) mass is 507 g/mol. The first-order chi connectivity index (χ1) is 16.2. The summed E-state index contributed by atoms with van der Waals surface area (Å²) in [5.41, 5.74) is 3.73. The SMILES string of the molecule is COc1ccc(NC(=O)C2CC[CH-]CC2)cc1F.[CH2-]c1c(C)cc(NCCN(C)C)cc1[C-]=O.[K+]. The van der Waals surface area contributed by atoms with Crippen LogP contribution in [0.15, 0.2) is 30.3 Å². The van der Waals surface area contributed by atoms with E-state index in [1.54, 1.807) is 12.1 Å². The van der Waals surface area contributed by atoms with Crippen LogP contribution in [0, 0.1) is 32.0 Å². The maximum Gasteiger partial charge on any atom is 1.00 e. The molecule has 1 aliphatic carbocycles. The number of rotatable bonds is 8. The molecule has 2 aromatic carbocycles. The van der Waals surface area contributed by atoms with Crippen LogP contribution in [-0.4, -0.2) is 51.4 Å². The number of amides is 1. The van der Waals surface area contributed by atoms with Gasteiger partial charge in [-0.2, -0.15) is 18.9 Å². The number of hydrogen-bond donors (Lipinski definition) is 2. The minimum absolute atomic E-state index is 0. The summed E-state index contributed by atoms with van der Waals surface area (Å²) in [4.78, 5) is 24.8. The van der Waals surface area contributed by atoms with Crippen LogP contribution in [0.3, 0.4) is 0 Å². The summed E-state index contributed by atoms with van der Waals surface area (Å²) in [6.07, 6.45) is 7.84. The van der Waals surface area contributed by atoms with Crippen LogP contribution in [0.5, 0.6) is 5.75 Å². The Morgan fingerprint density at radius 3 is 2.49 bits per heavy atom. The summed E-state index contributed by atoms with van der Waals surface area (Å²) in [6.45, 7) is 7.58. The van der Waals surface area contributed by atoms with Gasteiger partial charge < -0.3 is 31.5 Å². The zero-order chi connectivity index (χ0) is 25.1. The first-order valence-corrected chi connectivity index (χ1v) is 11.4. The number of likely N-dealkylation sites (N-methyl/N-ethyl adjacent to an activating group) is 1. The van der Waals surface area contributed by atoms with Crippen LogP contribution >= 0.6 is 0 Å². The van der Waals surface area contributed by atoms with Crippen LogP contribution in [0.2, 0.25) is 0 Å². The van der Waals surface area contributed by atoms with E-state index in [0.29, 0.717) is 11.3 Å². The molecule has 1 saturated carbocycles. The molecule has 186 valence electrons. The zero-order valence-electron chi connectivity index (χ0n) is 21.5. The van der Waals surface area contributed by atoms with Gasteiger partial charge in [-0.05, 0) is 38.2 Å². The molecule has 35 heavy (non-hydrogen) atoms. The van der Waals surface area contributed by atoms with Gasteiger partial charge in [0.25, 0.3) is 0 Å². The van der Waals surface area contributed by atoms with Crippen molar-refractivity contribution < 1.29 is 70.1 Å². The number of anilines is 2. The van der Waals surface area contributed by atoms with Crippen molar-refractivity contribution in [3.8, 4) is 5.75 Å². The standard InChI is InChI=1S/C14H17FNO2.C13H18N2O.K/c1-18-13-8-7-11(9-12(13)15)16-14(17)10-5-3-2-4-6-10;1-10-7-13(14-5-6-15(3)4)8-12(9-16)11(10)2;/h2,7-10H,3-6H2,1H3,(H,16,17);7-8,14H,2,5-6H2,1,3-4H3;/q-1;-2;+1. The largest absolute Gasteiger partial charge is 1.00 e. The van der Waals surface area contributed by atoms with Crippen molar-refractivity contribution in [2.75, 3.05) is 44.9 Å². The minimum Gasteiger partial charge on any atom is -0.494 e. The second kappa shape index (κ2) is 16.3. The smallest absolute Gasteiger partial charge is 0.494 e. The molecule has 8 heteroatoms. The molecule has 0 unspecified atom stereocenters. The molecule has 1 amide bonds. The Hall–Kier alpha value is -1.42. The Morgan fingerprint density at radius 2 is 1.91 bits per heavy atom. The third-order valence-corrected chi connectivity index (χ3v) is 5.70. The summed E-state index contributed by atoms with van der Waals surface area (Å²) < 4.78 is 18.3. The van der Waals surface area contributed by atoms with E-state index in [1.165, 1.54) is 19.2 Å². The number of methoxy groups -OCH3 is 1. The molecule has 2 N–H and O–H groups in total. The number of nitrogens with one attached hydrogen (secondary N) is 2. The Labute approximate surface area is 251 Å². The van der Waals surface area contributed by atoms with Gasteiger partial charge in [0.1, 0.15) is 0 Å². The number of carbonyl (C=O) groups excluding carboxylic acids is 2. The topological polar surface area (TPSA) is 70.7 Å². The zero-order valence-corrected chi connectivity index (χ0v) is 24.7. The van der Waals surface area contributed by atoms with Gasteiger partial charge >= 0.3 is 51.4 Å². The summed E-state index contributed by atoms with van der Waals surface area (Å²) in [5, 5.41) is 6.03. The fraction of sp³-hybridized carbons (Fsp3) is 0.407. The fourth-order valence-corrected chi connectivity index (χ4v) is 3.61. The molecule has 0 bridgehead atoms. The third kappa shape index (κ3) is 10.6. The number of ether oxygens (including phenoxy) is 1. The second-order valence-corrected chi connectivity index (χ2v) is 8.63. The van der Waals surface area contributed by atoms with Gasteiger partial charge in [0.05, 0.1) is 7.11 Å². The van der Waals surface area contributed by atoms with Crippen LogP contribution in [0.1, 0.15) is 42.4 Å². The van der Waals surface area contributed by atoms with Gasteiger partial charge in [0.15, 0.2) is 11.6 Å². The van der Waals surface area contributed by atoms with Crippen LogP contribution in [0.25, 0.3) is 0 Å². The van der Waals surface area contributed by atoms with E-state index >= 15 is 0 Å². The molecule has 3 rings (SSSR count). The van der Waals surface area contributed by atoms with Gasteiger partial charge in [0, 0.05) is 30.8 Å². The molecule has 2 aromatic rings. The molecule has 0 aromatic heterocycles. The Morgan fingerprint density at radius 1 is 1.23 bits per heavy atom. The van der Waals surface area contributed by atoms with Crippen LogP contribution in [0.4, 0.5) is 15.8 Å². The Kier molecular flexibility index (Phi) is 14.8. The van der Waals surface area contributed by atoms with Crippen molar-refractivity contribution in [2.24, 2.45) is 5.92 Å². The van der Waals surface area contributed by atoms with E-state index < -0.39 is 5.82 Å². The average Bonchev–Trinajstić information content (AvgIpc) is 2.82. The molecule has 0 spiro atoms. The molecule has 0 heterocycles. The quantitative estimate of drug-likeness (QED) is 0.421. The summed E-state index contributed by atoms with van der Waals surface area (Å²) in [5.74, 6) is -0.264. The summed E-state index contributed by atoms with van der Waals surface area (Å²) in [7, 11) is 5.46. The Bertz CT molecular complexity index is 963. The third-order valence-electron chi connectivity index (χ3n) is 5.70. The van der Waals surface area contributed by atoms with E-state index in [-0.39, 0.29) is 69.0 Å². The van der Waals surface area contributed by atoms with Crippen molar-refractivity contribution in [2.45, 2.75) is 32.6 Å². The van der Waals surface area contributed by atoms with Crippen LogP contribution < -0.4 is 66.8 Å². The normalized spacial score (nSPS) is 13.2. The van der Waals surface area contributed by atoms with E-state index in [4.69, 9.17) is 4.74 Å². The number of nitrogens with zero attached hydrogens (tertiary/aromatic N) is 1. The summed E-state index contributed by atoms with van der Waals surface area (Å²) >= 11 is 0. The molecular formula is C27H35FKN3O3-2. The fourth-order valence-electron chi connectivity index (χ4n) is 3.61. The average molecular weight is 508 g/mol. The van der Waals surface area contributed by atoms with Gasteiger partial charge in [0.2, 0.25) is 5.91 Å². The number of halogens is 1. The van der Waals surface area contributed by atoms with Crippen molar-refractivity contribution in [3.63, 3.8) is 0 Å². The van der Waals surface area contributed by atoms with E-state index in [0.717, 1.165) is 55.6 Å². The first-order valence-electron chi connectivity index (χ1n) is 11.4. The van der Waals surface area contributed by atoms with Crippen molar-refractivity contribution in [3.05, 3.63) is 66.2 Å². The molecular weight excluding hydrogens is 472 g/mol. The molecule has 0 saturated heterocycles. The van der Waals surface area contributed by atoms with E-state index in [9.17, 15) is 14.0 Å². The number of hydrogen-bond acceptors (Lipinski definition) is 5. The number of aryl methyl sites for hydroxylation is 1. The van der Waals surface area contributed by atoms with Gasteiger partial charge in [-0.1, -0.05) is 19.8 Å². The maximum absolute atomic E-state index is 13.5. The predicted molar refractivity (Wildman–Crippen MR) is 135 cm³/mol. The van der Waals surface area contributed by atoms with Crippen molar-refractivity contribution in [1.29, 1.82) is 0 Å². The number of benzene rings is 2. The molecule has 1 fully saturated rings. The van der Waals surface area contributed by atoms with Crippen molar-refractivity contribution in [1.82, 2.24) is 4.90 Å². The maximum atomic E-state index is 13.5. The van der Waals surface area contributed by atoms with Gasteiger partial charge in [-0.25, -0.2) is 9.95 Å². The molecule has 0 aliphatic heterocycles. The molecule has 1 aliphatic rings. The van der Waals surface area contributed by atoms with Gasteiger partial charge in [-0.3, -0.25) is 22.8 Å². The van der Waals surface area contributed by atoms with Crippen LogP contribution in [-0.2, 0) is 9.59 Å².